The Morgan fingerprint density at radius 1 is 0.607 bits per heavy atom. The first-order chi connectivity index (χ1) is 13.8. The van der Waals surface area contributed by atoms with Gasteiger partial charge in [-0.2, -0.15) is 0 Å². The van der Waals surface area contributed by atoms with Gasteiger partial charge in [0.2, 0.25) is 0 Å². The first kappa shape index (κ1) is 27.4. The minimum Gasteiger partial charge on any atom is -0.351 e. The van der Waals surface area contributed by atoms with E-state index in [9.17, 15) is 0 Å². The highest BCUT2D eigenvalue weighted by Crippen LogP contribution is 2.08. The standard InChI is InChI=1S/C25H49NO2/c1-3-5-7-9-10-11-12-13-14-15-16-17-18-19-21-23-28-25(24-26)27-22-20-8-6-4-2/h10-11,13-14,25H,3-9,12,15-24,26H2,1-2H3/b11-10-,14-13+. The van der Waals surface area contributed by atoms with Gasteiger partial charge in [-0.15, -0.1) is 0 Å². The zero-order valence-corrected chi connectivity index (χ0v) is 19.0. The lowest BCUT2D eigenvalue weighted by Gasteiger charge is -2.16. The molecular formula is C25H49NO2. The van der Waals surface area contributed by atoms with Crippen LogP contribution in [0.2, 0.25) is 0 Å². The van der Waals surface area contributed by atoms with Crippen LogP contribution in [0.5, 0.6) is 0 Å². The fourth-order valence-electron chi connectivity index (χ4n) is 3.06. The molecule has 0 aromatic rings. The summed E-state index contributed by atoms with van der Waals surface area (Å²) in [7, 11) is 0. The molecule has 0 fully saturated rings. The second-order valence-electron chi connectivity index (χ2n) is 7.70. The Balaban J connectivity index is 3.34. The molecule has 0 aromatic carbocycles. The van der Waals surface area contributed by atoms with Crippen LogP contribution < -0.4 is 5.73 Å². The summed E-state index contributed by atoms with van der Waals surface area (Å²) in [5.41, 5.74) is 5.72. The van der Waals surface area contributed by atoms with Crippen LogP contribution in [0.3, 0.4) is 0 Å². The molecule has 3 nitrogen and oxygen atoms in total. The lowest BCUT2D eigenvalue weighted by molar-refractivity contribution is -0.137. The van der Waals surface area contributed by atoms with Crippen molar-refractivity contribution in [2.24, 2.45) is 5.73 Å². The normalized spacial score (nSPS) is 13.1. The van der Waals surface area contributed by atoms with Crippen molar-refractivity contribution in [3.8, 4) is 0 Å². The van der Waals surface area contributed by atoms with Gasteiger partial charge in [0, 0.05) is 19.8 Å². The molecule has 166 valence electrons. The number of rotatable bonds is 22. The van der Waals surface area contributed by atoms with Crippen molar-refractivity contribution in [2.75, 3.05) is 19.8 Å². The topological polar surface area (TPSA) is 44.5 Å². The van der Waals surface area contributed by atoms with Gasteiger partial charge in [0.05, 0.1) is 0 Å². The number of hydrogen-bond donors (Lipinski definition) is 1. The van der Waals surface area contributed by atoms with Crippen LogP contribution in [0.1, 0.15) is 110 Å². The third-order valence-electron chi connectivity index (χ3n) is 4.89. The highest BCUT2D eigenvalue weighted by atomic mass is 16.7. The summed E-state index contributed by atoms with van der Waals surface area (Å²) in [6, 6.07) is 0. The van der Waals surface area contributed by atoms with Crippen LogP contribution in [0, 0.1) is 0 Å². The molecule has 0 rings (SSSR count). The Labute approximate surface area is 176 Å². The van der Waals surface area contributed by atoms with Crippen LogP contribution >= 0.6 is 0 Å². The van der Waals surface area contributed by atoms with Crippen molar-refractivity contribution in [1.82, 2.24) is 0 Å². The SMILES string of the molecule is CCCCC/C=C\C/C=C/CCCCCCCOC(CN)OCCCCCC. The third-order valence-corrected chi connectivity index (χ3v) is 4.89. The van der Waals surface area contributed by atoms with Crippen LogP contribution in [0.15, 0.2) is 24.3 Å². The van der Waals surface area contributed by atoms with Gasteiger partial charge in [-0.1, -0.05) is 89.5 Å². The molecule has 0 aromatic heterocycles. The van der Waals surface area contributed by atoms with Crippen molar-refractivity contribution < 1.29 is 9.47 Å². The lowest BCUT2D eigenvalue weighted by atomic mass is 10.1. The molecule has 0 aliphatic rings. The van der Waals surface area contributed by atoms with Crippen molar-refractivity contribution in [1.29, 1.82) is 0 Å². The predicted molar refractivity (Wildman–Crippen MR) is 124 cm³/mol. The van der Waals surface area contributed by atoms with Crippen molar-refractivity contribution in [2.45, 2.75) is 116 Å². The van der Waals surface area contributed by atoms with Gasteiger partial charge < -0.3 is 15.2 Å². The molecule has 0 aliphatic heterocycles. The van der Waals surface area contributed by atoms with Crippen LogP contribution in [0.4, 0.5) is 0 Å². The van der Waals surface area contributed by atoms with Gasteiger partial charge in [0.1, 0.15) is 0 Å². The quantitative estimate of drug-likeness (QED) is 0.119. The van der Waals surface area contributed by atoms with Crippen LogP contribution in [0.25, 0.3) is 0 Å². The zero-order valence-electron chi connectivity index (χ0n) is 19.0. The predicted octanol–water partition coefficient (Wildman–Crippen LogP) is 7.31. The van der Waals surface area contributed by atoms with E-state index in [4.69, 9.17) is 15.2 Å². The summed E-state index contributed by atoms with van der Waals surface area (Å²) in [4.78, 5) is 0. The maximum Gasteiger partial charge on any atom is 0.169 e. The molecule has 0 amide bonds. The van der Waals surface area contributed by atoms with E-state index < -0.39 is 0 Å². The molecule has 0 saturated carbocycles. The van der Waals surface area contributed by atoms with E-state index in [0.29, 0.717) is 6.54 Å². The number of allylic oxidation sites excluding steroid dienone is 4. The van der Waals surface area contributed by atoms with Gasteiger partial charge in [0.25, 0.3) is 0 Å². The first-order valence-corrected chi connectivity index (χ1v) is 12.1. The Morgan fingerprint density at radius 2 is 1.07 bits per heavy atom. The molecule has 28 heavy (non-hydrogen) atoms. The largest absolute Gasteiger partial charge is 0.351 e. The smallest absolute Gasteiger partial charge is 0.169 e. The van der Waals surface area contributed by atoms with E-state index in [-0.39, 0.29) is 6.29 Å². The fraction of sp³-hybridized carbons (Fsp3) is 0.840. The number of hydrogen-bond acceptors (Lipinski definition) is 3. The molecule has 2 N–H and O–H groups in total. The van der Waals surface area contributed by atoms with Crippen LogP contribution in [-0.4, -0.2) is 26.0 Å². The van der Waals surface area contributed by atoms with Crippen LogP contribution in [-0.2, 0) is 9.47 Å². The first-order valence-electron chi connectivity index (χ1n) is 12.1. The van der Waals surface area contributed by atoms with Crippen molar-refractivity contribution in [3.05, 3.63) is 24.3 Å². The highest BCUT2D eigenvalue weighted by Gasteiger charge is 2.06. The van der Waals surface area contributed by atoms with E-state index in [1.807, 2.05) is 0 Å². The molecule has 0 saturated heterocycles. The van der Waals surface area contributed by atoms with Crippen molar-refractivity contribution in [3.63, 3.8) is 0 Å². The maximum absolute atomic E-state index is 5.75. The summed E-state index contributed by atoms with van der Waals surface area (Å²) in [5, 5.41) is 0. The summed E-state index contributed by atoms with van der Waals surface area (Å²) in [6.07, 6.45) is 27.7. The number of unbranched alkanes of at least 4 members (excludes halogenated alkanes) is 11. The molecule has 1 unspecified atom stereocenters. The second-order valence-corrected chi connectivity index (χ2v) is 7.70. The molecule has 1 atom stereocenters. The Kier molecular flexibility index (Phi) is 23.8. The molecular weight excluding hydrogens is 346 g/mol. The van der Waals surface area contributed by atoms with Gasteiger partial charge in [-0.05, 0) is 44.9 Å². The average molecular weight is 396 g/mol. The van der Waals surface area contributed by atoms with Gasteiger partial charge in [0.15, 0.2) is 6.29 Å². The molecule has 0 radical (unpaired) electrons. The minimum atomic E-state index is -0.215. The fourth-order valence-corrected chi connectivity index (χ4v) is 3.06. The van der Waals surface area contributed by atoms with Gasteiger partial charge >= 0.3 is 0 Å². The lowest BCUT2D eigenvalue weighted by Crippen LogP contribution is -2.27. The maximum atomic E-state index is 5.75. The number of nitrogens with two attached hydrogens (primary N) is 1. The van der Waals surface area contributed by atoms with Gasteiger partial charge in [-0.25, -0.2) is 0 Å². The Hall–Kier alpha value is -0.640. The summed E-state index contributed by atoms with van der Waals surface area (Å²) < 4.78 is 11.4. The summed E-state index contributed by atoms with van der Waals surface area (Å²) >= 11 is 0. The van der Waals surface area contributed by atoms with E-state index in [1.54, 1.807) is 0 Å². The van der Waals surface area contributed by atoms with E-state index >= 15 is 0 Å². The Bertz CT molecular complexity index is 341. The van der Waals surface area contributed by atoms with Gasteiger partial charge in [-0.3, -0.25) is 0 Å². The van der Waals surface area contributed by atoms with E-state index in [2.05, 4.69) is 38.2 Å². The number of ether oxygens (including phenoxy) is 2. The summed E-state index contributed by atoms with van der Waals surface area (Å²) in [6.45, 7) is 6.46. The minimum absolute atomic E-state index is 0.215. The molecule has 3 heteroatoms. The average Bonchev–Trinajstić information content (AvgIpc) is 2.71. The molecule has 0 heterocycles. The molecule has 0 bridgehead atoms. The second kappa shape index (κ2) is 24.4. The highest BCUT2D eigenvalue weighted by molar-refractivity contribution is 4.92. The monoisotopic (exact) mass is 395 g/mol. The van der Waals surface area contributed by atoms with E-state index in [0.717, 1.165) is 32.5 Å². The Morgan fingerprint density at radius 3 is 1.64 bits per heavy atom. The zero-order chi connectivity index (χ0) is 20.5. The molecule has 0 spiro atoms. The summed E-state index contributed by atoms with van der Waals surface area (Å²) in [5.74, 6) is 0. The van der Waals surface area contributed by atoms with E-state index in [1.165, 1.54) is 77.0 Å². The molecule has 0 aliphatic carbocycles. The third kappa shape index (κ3) is 21.7. The van der Waals surface area contributed by atoms with Crippen molar-refractivity contribution >= 4 is 0 Å².